The maximum Gasteiger partial charge on any atom is 0.122 e. The van der Waals surface area contributed by atoms with E-state index < -0.39 is 5.60 Å². The van der Waals surface area contributed by atoms with Gasteiger partial charge in [0.15, 0.2) is 0 Å². The molecule has 1 fully saturated rings. The van der Waals surface area contributed by atoms with Gasteiger partial charge in [-0.1, -0.05) is 13.8 Å². The Morgan fingerprint density at radius 3 is 1.95 bits per heavy atom. The largest absolute Gasteiger partial charge is 0.497 e. The first kappa shape index (κ1) is 15.2. The Labute approximate surface area is 121 Å². The first-order valence-electron chi connectivity index (χ1n) is 7.44. The van der Waals surface area contributed by atoms with Gasteiger partial charge in [-0.25, -0.2) is 0 Å². The number of methoxy groups -OCH3 is 2. The highest BCUT2D eigenvalue weighted by molar-refractivity contribution is 5.41. The Balaban J connectivity index is 2.22. The number of rotatable bonds is 4. The van der Waals surface area contributed by atoms with Gasteiger partial charge in [0.25, 0.3) is 0 Å². The third-order valence-electron chi connectivity index (χ3n) is 4.69. The Kier molecular flexibility index (Phi) is 4.59. The molecule has 1 aliphatic carbocycles. The summed E-state index contributed by atoms with van der Waals surface area (Å²) in [5.41, 5.74) is 0.170. The van der Waals surface area contributed by atoms with E-state index in [2.05, 4.69) is 13.8 Å². The molecular weight excluding hydrogens is 252 g/mol. The van der Waals surface area contributed by atoms with Crippen molar-refractivity contribution in [2.75, 3.05) is 14.2 Å². The predicted molar refractivity (Wildman–Crippen MR) is 80.2 cm³/mol. The average Bonchev–Trinajstić information content (AvgIpc) is 2.47. The first-order chi connectivity index (χ1) is 9.48. The molecule has 1 aromatic carbocycles. The lowest BCUT2D eigenvalue weighted by Crippen LogP contribution is -2.32. The molecule has 0 spiro atoms. The molecule has 0 amide bonds. The molecule has 1 N–H and O–H groups in total. The third kappa shape index (κ3) is 3.09. The minimum atomic E-state index is -0.743. The molecule has 2 rings (SSSR count). The van der Waals surface area contributed by atoms with Crippen LogP contribution < -0.4 is 9.47 Å². The summed E-state index contributed by atoms with van der Waals surface area (Å²) in [5.74, 6) is 2.89. The van der Waals surface area contributed by atoms with Crippen LogP contribution in [-0.2, 0) is 5.60 Å². The lowest BCUT2D eigenvalue weighted by molar-refractivity contribution is -0.0202. The summed E-state index contributed by atoms with van der Waals surface area (Å²) in [6.07, 6.45) is 3.78. The molecule has 112 valence electrons. The Morgan fingerprint density at radius 1 is 1.05 bits per heavy atom. The topological polar surface area (TPSA) is 38.7 Å². The van der Waals surface area contributed by atoms with Crippen molar-refractivity contribution in [1.82, 2.24) is 0 Å². The molecule has 0 radical (unpaired) electrons. The molecule has 20 heavy (non-hydrogen) atoms. The van der Waals surface area contributed by atoms with Crippen LogP contribution in [0.3, 0.4) is 0 Å². The van der Waals surface area contributed by atoms with Gasteiger partial charge in [-0.3, -0.25) is 0 Å². The molecule has 1 aromatic rings. The van der Waals surface area contributed by atoms with Crippen molar-refractivity contribution in [3.8, 4) is 11.5 Å². The van der Waals surface area contributed by atoms with Crippen molar-refractivity contribution in [3.05, 3.63) is 23.8 Å². The molecule has 0 aliphatic heterocycles. The van der Waals surface area contributed by atoms with Crippen molar-refractivity contribution in [1.29, 1.82) is 0 Å². The summed E-state index contributed by atoms with van der Waals surface area (Å²) in [5, 5.41) is 11.0. The van der Waals surface area contributed by atoms with E-state index in [1.807, 2.05) is 18.2 Å². The average molecular weight is 278 g/mol. The van der Waals surface area contributed by atoms with Gasteiger partial charge >= 0.3 is 0 Å². The number of aliphatic hydroxyl groups is 1. The normalized spacial score (nSPS) is 26.6. The van der Waals surface area contributed by atoms with Gasteiger partial charge in [0.2, 0.25) is 0 Å². The van der Waals surface area contributed by atoms with Gasteiger partial charge in [-0.2, -0.15) is 0 Å². The van der Waals surface area contributed by atoms with Crippen LogP contribution >= 0.6 is 0 Å². The lowest BCUT2D eigenvalue weighted by atomic mass is 9.72. The van der Waals surface area contributed by atoms with Crippen LogP contribution in [0.1, 0.15) is 45.1 Å². The fourth-order valence-corrected chi connectivity index (χ4v) is 3.15. The molecule has 0 atom stereocenters. The smallest absolute Gasteiger partial charge is 0.122 e. The van der Waals surface area contributed by atoms with Gasteiger partial charge in [-0.05, 0) is 55.2 Å². The highest BCUT2D eigenvalue weighted by Crippen LogP contribution is 2.43. The zero-order valence-corrected chi connectivity index (χ0v) is 13.0. The van der Waals surface area contributed by atoms with E-state index in [1.54, 1.807) is 14.2 Å². The predicted octanol–water partition coefficient (Wildman–Crippen LogP) is 3.74. The highest BCUT2D eigenvalue weighted by atomic mass is 16.5. The van der Waals surface area contributed by atoms with E-state index in [0.29, 0.717) is 5.92 Å². The van der Waals surface area contributed by atoms with Crippen LogP contribution in [0.2, 0.25) is 0 Å². The maximum absolute atomic E-state index is 11.0. The molecule has 0 aromatic heterocycles. The molecule has 0 heterocycles. The summed E-state index contributed by atoms with van der Waals surface area (Å²) in [6, 6.07) is 5.70. The fourth-order valence-electron chi connectivity index (χ4n) is 3.15. The van der Waals surface area contributed by atoms with Gasteiger partial charge in [0.1, 0.15) is 11.5 Å². The molecule has 0 saturated heterocycles. The zero-order valence-electron chi connectivity index (χ0n) is 13.0. The van der Waals surface area contributed by atoms with E-state index in [4.69, 9.17) is 9.47 Å². The second kappa shape index (κ2) is 6.04. The van der Waals surface area contributed by atoms with E-state index in [-0.39, 0.29) is 0 Å². The molecule has 3 heteroatoms. The van der Waals surface area contributed by atoms with E-state index in [1.165, 1.54) is 0 Å². The minimum absolute atomic E-state index is 0.694. The van der Waals surface area contributed by atoms with E-state index in [0.717, 1.165) is 48.7 Å². The summed E-state index contributed by atoms with van der Waals surface area (Å²) in [6.45, 7) is 4.53. The quantitative estimate of drug-likeness (QED) is 0.912. The van der Waals surface area contributed by atoms with E-state index in [9.17, 15) is 5.11 Å². The van der Waals surface area contributed by atoms with Crippen molar-refractivity contribution < 1.29 is 14.6 Å². The number of hydrogen-bond donors (Lipinski definition) is 1. The Bertz CT molecular complexity index is 423. The van der Waals surface area contributed by atoms with Crippen molar-refractivity contribution in [3.63, 3.8) is 0 Å². The Hall–Kier alpha value is -1.22. The van der Waals surface area contributed by atoms with Crippen LogP contribution in [0.25, 0.3) is 0 Å². The van der Waals surface area contributed by atoms with E-state index >= 15 is 0 Å². The Morgan fingerprint density at radius 2 is 1.55 bits per heavy atom. The molecule has 0 bridgehead atoms. The number of hydrogen-bond acceptors (Lipinski definition) is 3. The lowest BCUT2D eigenvalue weighted by Gasteiger charge is -2.38. The van der Waals surface area contributed by atoms with Crippen molar-refractivity contribution in [2.24, 2.45) is 11.8 Å². The summed E-state index contributed by atoms with van der Waals surface area (Å²) < 4.78 is 10.6. The van der Waals surface area contributed by atoms with Crippen molar-refractivity contribution in [2.45, 2.75) is 45.1 Å². The summed E-state index contributed by atoms with van der Waals surface area (Å²) in [7, 11) is 3.27. The third-order valence-corrected chi connectivity index (χ3v) is 4.69. The van der Waals surface area contributed by atoms with Gasteiger partial charge < -0.3 is 14.6 Å². The highest BCUT2D eigenvalue weighted by Gasteiger charge is 2.36. The van der Waals surface area contributed by atoms with Crippen LogP contribution in [-0.4, -0.2) is 19.3 Å². The van der Waals surface area contributed by atoms with Gasteiger partial charge in [0.05, 0.1) is 19.8 Å². The second-order valence-electron chi connectivity index (χ2n) is 6.21. The summed E-state index contributed by atoms with van der Waals surface area (Å²) in [4.78, 5) is 0. The van der Waals surface area contributed by atoms with Crippen LogP contribution in [0, 0.1) is 11.8 Å². The molecular formula is C17H26O3. The first-order valence-corrected chi connectivity index (χ1v) is 7.44. The van der Waals surface area contributed by atoms with Crippen molar-refractivity contribution >= 4 is 0 Å². The van der Waals surface area contributed by atoms with Gasteiger partial charge in [0, 0.05) is 6.07 Å². The van der Waals surface area contributed by atoms with Crippen LogP contribution in [0.5, 0.6) is 11.5 Å². The van der Waals surface area contributed by atoms with Crippen LogP contribution in [0.15, 0.2) is 18.2 Å². The fraction of sp³-hybridized carbons (Fsp3) is 0.647. The second-order valence-corrected chi connectivity index (χ2v) is 6.21. The summed E-state index contributed by atoms with van der Waals surface area (Å²) >= 11 is 0. The molecule has 3 nitrogen and oxygen atoms in total. The minimum Gasteiger partial charge on any atom is -0.497 e. The number of benzene rings is 1. The monoisotopic (exact) mass is 278 g/mol. The molecule has 1 aliphatic rings. The van der Waals surface area contributed by atoms with Gasteiger partial charge in [-0.15, -0.1) is 0 Å². The molecule has 1 saturated carbocycles. The standard InChI is InChI=1S/C17H26O3/c1-12(2)13-5-7-17(18,8-6-13)14-9-15(19-3)11-16(10-14)20-4/h9-13,18H,5-8H2,1-4H3. The molecule has 0 unspecified atom stereocenters. The SMILES string of the molecule is COc1cc(OC)cc(C2(O)CCC(C(C)C)CC2)c1. The number of ether oxygens (including phenoxy) is 2. The van der Waals surface area contributed by atoms with Crippen LogP contribution in [0.4, 0.5) is 0 Å². The maximum atomic E-state index is 11.0. The zero-order chi connectivity index (χ0) is 14.8.